The lowest BCUT2D eigenvalue weighted by Crippen LogP contribution is -2.47. The van der Waals surface area contributed by atoms with Crippen LogP contribution in [0.2, 0.25) is 0 Å². The average molecular weight is 346 g/mol. The average Bonchev–Trinajstić information content (AvgIpc) is 2.59. The van der Waals surface area contributed by atoms with Crippen molar-refractivity contribution in [1.82, 2.24) is 4.90 Å². The van der Waals surface area contributed by atoms with E-state index in [2.05, 4.69) is 5.32 Å². The van der Waals surface area contributed by atoms with Gasteiger partial charge in [0, 0.05) is 31.3 Å². The fourth-order valence-electron chi connectivity index (χ4n) is 3.10. The van der Waals surface area contributed by atoms with Gasteiger partial charge in [-0.2, -0.15) is 0 Å². The minimum atomic E-state index is -0.414. The van der Waals surface area contributed by atoms with Gasteiger partial charge in [-0.25, -0.2) is 0 Å². The van der Waals surface area contributed by atoms with Crippen molar-refractivity contribution >= 4 is 17.5 Å². The number of piperidine rings is 1. The third-order valence-corrected chi connectivity index (χ3v) is 4.70. The topological polar surface area (TPSA) is 58.6 Å². The Morgan fingerprint density at radius 3 is 2.68 bits per heavy atom. The Bertz CT molecular complexity index is 622. The number of anilines is 1. The number of carbonyl (C=O) groups excluding carboxylic acids is 2. The van der Waals surface area contributed by atoms with Crippen molar-refractivity contribution in [3.05, 3.63) is 29.8 Å². The lowest BCUT2D eigenvalue weighted by Gasteiger charge is -2.35. The number of rotatable bonds is 4. The van der Waals surface area contributed by atoms with E-state index in [1.807, 2.05) is 56.9 Å². The normalized spacial score (nSPS) is 19.4. The summed E-state index contributed by atoms with van der Waals surface area (Å²) >= 11 is 0. The van der Waals surface area contributed by atoms with Crippen LogP contribution in [-0.4, -0.2) is 36.9 Å². The molecule has 0 spiro atoms. The largest absolute Gasteiger partial charge is 0.377 e. The van der Waals surface area contributed by atoms with Crippen LogP contribution < -0.4 is 5.32 Å². The predicted octanol–water partition coefficient (Wildman–Crippen LogP) is 3.62. The van der Waals surface area contributed by atoms with Crippen LogP contribution in [-0.2, 0) is 14.3 Å². The molecule has 25 heavy (non-hydrogen) atoms. The molecule has 1 aromatic carbocycles. The highest BCUT2D eigenvalue weighted by Gasteiger charge is 2.33. The molecule has 2 amide bonds. The molecule has 138 valence electrons. The summed E-state index contributed by atoms with van der Waals surface area (Å²) < 4.78 is 5.33. The molecule has 0 aromatic heterocycles. The molecular formula is C20H30N2O3. The number of ether oxygens (including phenoxy) is 1. The van der Waals surface area contributed by atoms with Gasteiger partial charge in [0.2, 0.25) is 11.8 Å². The van der Waals surface area contributed by atoms with Crippen molar-refractivity contribution in [2.75, 3.05) is 25.5 Å². The van der Waals surface area contributed by atoms with E-state index in [1.165, 1.54) is 0 Å². The molecule has 1 aromatic rings. The van der Waals surface area contributed by atoms with E-state index in [4.69, 9.17) is 4.74 Å². The maximum Gasteiger partial charge on any atom is 0.229 e. The highest BCUT2D eigenvalue weighted by atomic mass is 16.5. The number of hydrogen-bond donors (Lipinski definition) is 1. The first-order valence-corrected chi connectivity index (χ1v) is 8.95. The third-order valence-electron chi connectivity index (χ3n) is 4.70. The molecule has 0 radical (unpaired) electrons. The zero-order chi connectivity index (χ0) is 18.6. The SMILES string of the molecule is CO[C@H](C)c1cccc(NC(=O)[C@H]2CCCN(C(=O)C(C)(C)C)C2)c1. The van der Waals surface area contributed by atoms with Crippen LogP contribution in [0.5, 0.6) is 0 Å². The van der Waals surface area contributed by atoms with E-state index >= 15 is 0 Å². The van der Waals surface area contributed by atoms with Crippen LogP contribution in [0.25, 0.3) is 0 Å². The summed E-state index contributed by atoms with van der Waals surface area (Å²) in [7, 11) is 1.67. The number of benzene rings is 1. The highest BCUT2D eigenvalue weighted by molar-refractivity contribution is 5.93. The molecule has 1 N–H and O–H groups in total. The second kappa shape index (κ2) is 8.00. The molecular weight excluding hydrogens is 316 g/mol. The molecule has 0 saturated carbocycles. The Morgan fingerprint density at radius 1 is 1.32 bits per heavy atom. The maximum absolute atomic E-state index is 12.7. The van der Waals surface area contributed by atoms with Crippen LogP contribution >= 0.6 is 0 Å². The minimum absolute atomic E-state index is 0.0198. The highest BCUT2D eigenvalue weighted by Crippen LogP contribution is 2.25. The predicted molar refractivity (Wildman–Crippen MR) is 99.3 cm³/mol. The van der Waals surface area contributed by atoms with Gasteiger partial charge >= 0.3 is 0 Å². The Kier molecular flexibility index (Phi) is 6.22. The van der Waals surface area contributed by atoms with Gasteiger partial charge in [0.15, 0.2) is 0 Å². The van der Waals surface area contributed by atoms with Crippen LogP contribution in [0.4, 0.5) is 5.69 Å². The molecule has 1 aliphatic heterocycles. The monoisotopic (exact) mass is 346 g/mol. The van der Waals surface area contributed by atoms with Gasteiger partial charge in [-0.15, -0.1) is 0 Å². The molecule has 2 rings (SSSR count). The first-order valence-electron chi connectivity index (χ1n) is 8.95. The molecule has 1 saturated heterocycles. The lowest BCUT2D eigenvalue weighted by molar-refractivity contribution is -0.142. The fourth-order valence-corrected chi connectivity index (χ4v) is 3.10. The van der Waals surface area contributed by atoms with Gasteiger partial charge in [0.05, 0.1) is 12.0 Å². The van der Waals surface area contributed by atoms with E-state index in [0.29, 0.717) is 6.54 Å². The molecule has 5 nitrogen and oxygen atoms in total. The van der Waals surface area contributed by atoms with Crippen LogP contribution in [0.3, 0.4) is 0 Å². The van der Waals surface area contributed by atoms with Gasteiger partial charge in [-0.1, -0.05) is 32.9 Å². The Balaban J connectivity index is 2.02. The van der Waals surface area contributed by atoms with Gasteiger partial charge < -0.3 is 15.0 Å². The van der Waals surface area contributed by atoms with Crippen molar-refractivity contribution in [3.8, 4) is 0 Å². The number of hydrogen-bond acceptors (Lipinski definition) is 3. The smallest absolute Gasteiger partial charge is 0.229 e. The summed E-state index contributed by atoms with van der Waals surface area (Å²) in [4.78, 5) is 27.0. The van der Waals surface area contributed by atoms with Crippen LogP contribution in [0.15, 0.2) is 24.3 Å². The molecule has 1 heterocycles. The van der Waals surface area contributed by atoms with Gasteiger partial charge in [-0.3, -0.25) is 9.59 Å². The second-order valence-electron chi connectivity index (χ2n) is 7.83. The van der Waals surface area contributed by atoms with Gasteiger partial charge in [-0.05, 0) is 37.5 Å². The zero-order valence-electron chi connectivity index (χ0n) is 16.0. The van der Waals surface area contributed by atoms with Crippen molar-refractivity contribution in [2.45, 2.75) is 46.6 Å². The van der Waals surface area contributed by atoms with Crippen LogP contribution in [0.1, 0.15) is 52.2 Å². The summed E-state index contributed by atoms with van der Waals surface area (Å²) in [6.45, 7) is 8.96. The minimum Gasteiger partial charge on any atom is -0.377 e. The van der Waals surface area contributed by atoms with Crippen LogP contribution in [0, 0.1) is 11.3 Å². The standard InChI is InChI=1S/C20H30N2O3/c1-14(25-5)15-8-6-10-17(12-15)21-18(23)16-9-7-11-22(13-16)19(24)20(2,3)4/h6,8,10,12,14,16H,7,9,11,13H2,1-5H3,(H,21,23)/t14-,16+/m1/s1. The van der Waals surface area contributed by atoms with E-state index in [-0.39, 0.29) is 23.8 Å². The van der Waals surface area contributed by atoms with E-state index < -0.39 is 5.41 Å². The zero-order valence-corrected chi connectivity index (χ0v) is 16.0. The summed E-state index contributed by atoms with van der Waals surface area (Å²) in [6, 6.07) is 7.71. The molecule has 0 unspecified atom stereocenters. The first-order chi connectivity index (χ1) is 11.7. The van der Waals surface area contributed by atoms with E-state index in [1.54, 1.807) is 7.11 Å². The number of nitrogens with zero attached hydrogens (tertiary/aromatic N) is 1. The molecule has 0 bridgehead atoms. The lowest BCUT2D eigenvalue weighted by atomic mass is 9.91. The number of methoxy groups -OCH3 is 1. The molecule has 2 atom stereocenters. The molecule has 1 fully saturated rings. The Hall–Kier alpha value is -1.88. The van der Waals surface area contributed by atoms with Crippen molar-refractivity contribution in [2.24, 2.45) is 11.3 Å². The van der Waals surface area contributed by atoms with E-state index in [0.717, 1.165) is 30.6 Å². The Morgan fingerprint density at radius 2 is 2.04 bits per heavy atom. The summed E-state index contributed by atoms with van der Waals surface area (Å²) in [5.41, 5.74) is 1.38. The quantitative estimate of drug-likeness (QED) is 0.906. The second-order valence-corrected chi connectivity index (χ2v) is 7.83. The maximum atomic E-state index is 12.7. The molecule has 1 aliphatic rings. The fraction of sp³-hybridized carbons (Fsp3) is 0.600. The van der Waals surface area contributed by atoms with Crippen molar-refractivity contribution in [3.63, 3.8) is 0 Å². The summed E-state index contributed by atoms with van der Waals surface area (Å²) in [6.07, 6.45) is 1.65. The number of carbonyl (C=O) groups is 2. The number of nitrogens with one attached hydrogen (secondary N) is 1. The third kappa shape index (κ3) is 5.05. The van der Waals surface area contributed by atoms with Crippen molar-refractivity contribution in [1.29, 1.82) is 0 Å². The summed E-state index contributed by atoms with van der Waals surface area (Å²) in [5.74, 6) is -0.0712. The van der Waals surface area contributed by atoms with Crippen molar-refractivity contribution < 1.29 is 14.3 Å². The number of likely N-dealkylation sites (tertiary alicyclic amines) is 1. The Labute approximate surface area is 150 Å². The molecule has 5 heteroatoms. The first kappa shape index (κ1) is 19.4. The van der Waals surface area contributed by atoms with Gasteiger partial charge in [0.1, 0.15) is 0 Å². The molecule has 0 aliphatic carbocycles. The summed E-state index contributed by atoms with van der Waals surface area (Å²) in [5, 5.41) is 3.00. The van der Waals surface area contributed by atoms with E-state index in [9.17, 15) is 9.59 Å². The number of amides is 2. The van der Waals surface area contributed by atoms with Gasteiger partial charge in [0.25, 0.3) is 0 Å².